The van der Waals surface area contributed by atoms with Crippen LogP contribution < -0.4 is 4.31 Å². The van der Waals surface area contributed by atoms with Gasteiger partial charge in [0.15, 0.2) is 5.76 Å². The summed E-state index contributed by atoms with van der Waals surface area (Å²) in [4.78, 5) is 4.86. The Morgan fingerprint density at radius 1 is 1.21 bits per heavy atom. The van der Waals surface area contributed by atoms with Crippen molar-refractivity contribution in [2.75, 3.05) is 17.6 Å². The lowest BCUT2D eigenvalue weighted by atomic mass is 9.97. The molecule has 0 spiro atoms. The van der Waals surface area contributed by atoms with E-state index in [9.17, 15) is 17.7 Å². The van der Waals surface area contributed by atoms with Crippen LogP contribution in [-0.2, 0) is 34.5 Å². The van der Waals surface area contributed by atoms with Crippen molar-refractivity contribution in [3.05, 3.63) is 58.9 Å². The quantitative estimate of drug-likeness (QED) is 0.795. The van der Waals surface area contributed by atoms with Gasteiger partial charge in [-0.25, -0.2) is 12.6 Å². The Kier molecular flexibility index (Phi) is 5.28. The number of fused-ring (bicyclic) bond motifs is 1. The molecule has 2 heterocycles. The third-order valence-electron chi connectivity index (χ3n) is 5.00. The van der Waals surface area contributed by atoms with Crippen molar-refractivity contribution < 1.29 is 17.7 Å². The molecule has 6 nitrogen and oxygen atoms in total. The van der Waals surface area contributed by atoms with E-state index in [-0.39, 0.29) is 5.76 Å². The first-order chi connectivity index (χ1) is 13.0. The van der Waals surface area contributed by atoms with Gasteiger partial charge in [-0.3, -0.25) is 9.29 Å². The molecule has 0 fully saturated rings. The SMILES string of the molecule is Cc1c(C2=C(O)c3ncccc3C(C)(C)S2=S=O)cccc1N(C)S(C)(=O)=O. The normalized spacial score (nSPS) is 18.5. The van der Waals surface area contributed by atoms with Gasteiger partial charge in [0.2, 0.25) is 10.0 Å². The summed E-state index contributed by atoms with van der Waals surface area (Å²) in [5.74, 6) is -0.0242. The van der Waals surface area contributed by atoms with Crippen molar-refractivity contribution in [3.8, 4) is 0 Å². The van der Waals surface area contributed by atoms with E-state index in [0.29, 0.717) is 37.6 Å². The second-order valence-corrected chi connectivity index (χ2v) is 12.6. The summed E-state index contributed by atoms with van der Waals surface area (Å²) < 4.78 is 36.9. The highest BCUT2D eigenvalue weighted by atomic mass is 32.8. The number of aromatic nitrogens is 1. The van der Waals surface area contributed by atoms with Gasteiger partial charge in [0.25, 0.3) is 0 Å². The molecular weight excluding hydrogens is 416 g/mol. The van der Waals surface area contributed by atoms with Crippen LogP contribution in [0.1, 0.15) is 36.2 Å². The average molecular weight is 439 g/mol. The predicted molar refractivity (Wildman–Crippen MR) is 117 cm³/mol. The maximum atomic E-state index is 12.2. The topological polar surface area (TPSA) is 87.6 Å². The van der Waals surface area contributed by atoms with Crippen molar-refractivity contribution in [1.82, 2.24) is 4.98 Å². The summed E-state index contributed by atoms with van der Waals surface area (Å²) in [6.45, 7) is 5.73. The summed E-state index contributed by atoms with van der Waals surface area (Å²) in [7, 11) is -2.43. The Balaban J connectivity index is 2.37. The van der Waals surface area contributed by atoms with E-state index in [4.69, 9.17) is 0 Å². The van der Waals surface area contributed by atoms with E-state index < -0.39 is 24.2 Å². The Morgan fingerprint density at radius 2 is 1.89 bits per heavy atom. The fourth-order valence-electron chi connectivity index (χ4n) is 3.37. The van der Waals surface area contributed by atoms with Gasteiger partial charge in [0.1, 0.15) is 15.9 Å². The molecule has 0 aliphatic carbocycles. The number of benzene rings is 1. The molecule has 3 rings (SSSR count). The van der Waals surface area contributed by atoms with Crippen molar-refractivity contribution in [3.63, 3.8) is 0 Å². The minimum atomic E-state index is -3.45. The largest absolute Gasteiger partial charge is 0.505 e. The Bertz CT molecular complexity index is 1160. The van der Waals surface area contributed by atoms with E-state index in [1.165, 1.54) is 11.4 Å². The zero-order valence-corrected chi connectivity index (χ0v) is 18.7. The van der Waals surface area contributed by atoms with Gasteiger partial charge in [-0.1, -0.05) is 18.2 Å². The Hall–Kier alpha value is -1.97. The molecule has 1 unspecified atom stereocenters. The highest BCUT2D eigenvalue weighted by Gasteiger charge is 2.39. The van der Waals surface area contributed by atoms with Gasteiger partial charge in [0, 0.05) is 18.0 Å². The third kappa shape index (κ3) is 3.21. The minimum Gasteiger partial charge on any atom is -0.505 e. The number of aliphatic hydroxyl groups excluding tert-OH is 1. The molecule has 1 atom stereocenters. The van der Waals surface area contributed by atoms with Gasteiger partial charge in [-0.15, -0.1) is 0 Å². The monoisotopic (exact) mass is 438 g/mol. The number of nitrogens with zero attached hydrogens (tertiary/aromatic N) is 2. The average Bonchev–Trinajstić information content (AvgIpc) is 2.64. The minimum absolute atomic E-state index is 0.0242. The highest BCUT2D eigenvalue weighted by Crippen LogP contribution is 2.46. The lowest BCUT2D eigenvalue weighted by molar-refractivity contribution is 0.507. The van der Waals surface area contributed by atoms with Gasteiger partial charge in [0.05, 0.1) is 16.8 Å². The predicted octanol–water partition coefficient (Wildman–Crippen LogP) is 3.16. The molecule has 1 aromatic carbocycles. The Labute approximate surface area is 170 Å². The third-order valence-corrected chi connectivity index (χ3v) is 10.4. The van der Waals surface area contributed by atoms with E-state index >= 15 is 0 Å². The van der Waals surface area contributed by atoms with Crippen LogP contribution in [0.3, 0.4) is 0 Å². The lowest BCUT2D eigenvalue weighted by Crippen LogP contribution is -2.31. The number of aliphatic hydroxyl groups is 1. The van der Waals surface area contributed by atoms with Crippen LogP contribution in [0.4, 0.5) is 5.69 Å². The molecule has 1 N–H and O–H groups in total. The zero-order valence-electron chi connectivity index (χ0n) is 16.3. The van der Waals surface area contributed by atoms with E-state index in [1.54, 1.807) is 37.4 Å². The van der Waals surface area contributed by atoms with Crippen molar-refractivity contribution in [1.29, 1.82) is 0 Å². The van der Waals surface area contributed by atoms with Crippen LogP contribution in [0.5, 0.6) is 0 Å². The number of hydrogen-bond donors (Lipinski definition) is 1. The number of hydrogen-bond acceptors (Lipinski definition) is 5. The molecule has 0 amide bonds. The van der Waals surface area contributed by atoms with Crippen LogP contribution in [-0.4, -0.2) is 36.0 Å². The molecule has 2 aromatic rings. The number of sulfonamides is 1. The number of anilines is 1. The fraction of sp³-hybridized carbons (Fsp3) is 0.316. The molecule has 1 aliphatic rings. The van der Waals surface area contributed by atoms with Gasteiger partial charge in [-0.2, -0.15) is 0 Å². The smallest absolute Gasteiger partial charge is 0.232 e. The molecule has 0 saturated carbocycles. The molecule has 9 heteroatoms. The Morgan fingerprint density at radius 3 is 2.50 bits per heavy atom. The van der Waals surface area contributed by atoms with Crippen LogP contribution in [0.15, 0.2) is 36.5 Å². The molecule has 28 heavy (non-hydrogen) atoms. The standard InChI is InChI=1S/C19H22N2O4S3/c1-12-13(8-6-10-15(12)21(4)28(5,24)25)18-17(22)16-14(9-7-11-20-16)19(2,3)27(18)26-23/h6-11,22H,1-5H3. The molecule has 150 valence electrons. The van der Waals surface area contributed by atoms with Gasteiger partial charge >= 0.3 is 0 Å². The summed E-state index contributed by atoms with van der Waals surface area (Å²) >= 11 is 0. The zero-order chi connectivity index (χ0) is 20.9. The molecule has 0 bridgehead atoms. The summed E-state index contributed by atoms with van der Waals surface area (Å²) in [5.41, 5.74) is 3.12. The second kappa shape index (κ2) is 7.13. The molecule has 1 aromatic heterocycles. The van der Waals surface area contributed by atoms with E-state index in [0.717, 1.165) is 11.8 Å². The number of rotatable bonds is 3. The first-order valence-electron chi connectivity index (χ1n) is 8.49. The number of pyridine rings is 1. The summed E-state index contributed by atoms with van der Waals surface area (Å²) in [5, 5.41) is 11.1. The molecular formula is C19H22N2O4S3. The van der Waals surface area contributed by atoms with Gasteiger partial charge in [-0.05, 0) is 59.0 Å². The van der Waals surface area contributed by atoms with Crippen molar-refractivity contribution in [2.45, 2.75) is 25.5 Å². The second-order valence-electron chi connectivity index (χ2n) is 7.10. The molecule has 0 saturated heterocycles. The van der Waals surface area contributed by atoms with Gasteiger partial charge < -0.3 is 5.11 Å². The molecule has 0 radical (unpaired) electrons. The summed E-state index contributed by atoms with van der Waals surface area (Å²) in [6, 6.07) is 8.92. The maximum Gasteiger partial charge on any atom is 0.232 e. The fourth-order valence-corrected chi connectivity index (χ4v) is 7.22. The van der Waals surface area contributed by atoms with Crippen LogP contribution in [0.2, 0.25) is 0 Å². The van der Waals surface area contributed by atoms with Crippen molar-refractivity contribution >= 4 is 46.1 Å². The van der Waals surface area contributed by atoms with Crippen LogP contribution >= 0.6 is 0 Å². The highest BCUT2D eigenvalue weighted by molar-refractivity contribution is 8.36. The first kappa shape index (κ1) is 20.8. The van der Waals surface area contributed by atoms with E-state index in [2.05, 4.69) is 4.98 Å². The maximum absolute atomic E-state index is 12.2. The van der Waals surface area contributed by atoms with Crippen LogP contribution in [0.25, 0.3) is 10.7 Å². The van der Waals surface area contributed by atoms with Crippen LogP contribution in [0, 0.1) is 6.92 Å². The lowest BCUT2D eigenvalue weighted by Gasteiger charge is -2.35. The first-order valence-corrected chi connectivity index (χ1v) is 12.8. The summed E-state index contributed by atoms with van der Waals surface area (Å²) in [6.07, 6.45) is 2.75. The van der Waals surface area contributed by atoms with Crippen molar-refractivity contribution in [2.24, 2.45) is 0 Å². The molecule has 1 aliphatic heterocycles. The van der Waals surface area contributed by atoms with E-state index in [1.807, 2.05) is 19.9 Å².